The number of piperidine rings is 2. The van der Waals surface area contributed by atoms with E-state index in [1.165, 1.54) is 25.7 Å². The molecule has 0 aliphatic carbocycles. The first-order chi connectivity index (χ1) is 14.3. The molecule has 3 aliphatic heterocycles. The number of aromatic nitrogens is 1. The molecule has 1 aromatic carbocycles. The van der Waals surface area contributed by atoms with Gasteiger partial charge in [-0.25, -0.2) is 4.79 Å². The molecule has 0 saturated carbocycles. The molecule has 4 heterocycles. The molecule has 5 nitrogen and oxygen atoms in total. The number of terminal acetylenes is 1. The van der Waals surface area contributed by atoms with Crippen molar-refractivity contribution in [2.75, 3.05) is 13.1 Å². The Balaban J connectivity index is 1.62. The van der Waals surface area contributed by atoms with Crippen LogP contribution in [0.1, 0.15) is 67.6 Å². The molecule has 2 aromatic rings. The van der Waals surface area contributed by atoms with Gasteiger partial charge in [-0.15, -0.1) is 6.42 Å². The molecule has 2 atom stereocenters. The SMILES string of the molecule is C#CC(C)(C)OC(=O)c1c(C)[nH]c2ccc3c(c12)CC1CCCN2CCCCC12O3. The van der Waals surface area contributed by atoms with Crippen molar-refractivity contribution in [3.63, 3.8) is 0 Å². The molecule has 2 saturated heterocycles. The second-order valence-electron chi connectivity index (χ2n) is 9.57. The molecule has 3 aliphatic rings. The van der Waals surface area contributed by atoms with Crippen molar-refractivity contribution in [1.29, 1.82) is 0 Å². The molecule has 0 bridgehead atoms. The van der Waals surface area contributed by atoms with Crippen LogP contribution in [0.15, 0.2) is 12.1 Å². The Morgan fingerprint density at radius 2 is 2.13 bits per heavy atom. The second kappa shape index (κ2) is 6.78. The minimum absolute atomic E-state index is 0.172. The number of benzene rings is 1. The highest BCUT2D eigenvalue weighted by Crippen LogP contribution is 2.50. The number of hydrogen-bond acceptors (Lipinski definition) is 4. The van der Waals surface area contributed by atoms with Gasteiger partial charge in [-0.2, -0.15) is 0 Å². The van der Waals surface area contributed by atoms with E-state index < -0.39 is 5.60 Å². The van der Waals surface area contributed by atoms with Crippen molar-refractivity contribution in [2.24, 2.45) is 5.92 Å². The van der Waals surface area contributed by atoms with Crippen LogP contribution in [0.2, 0.25) is 0 Å². The van der Waals surface area contributed by atoms with Gasteiger partial charge in [0.05, 0.1) is 5.56 Å². The predicted molar refractivity (Wildman–Crippen MR) is 117 cm³/mol. The number of esters is 1. The molecular weight excluding hydrogens is 376 g/mol. The van der Waals surface area contributed by atoms with Crippen LogP contribution >= 0.6 is 0 Å². The summed E-state index contributed by atoms with van der Waals surface area (Å²) in [6.45, 7) is 7.63. The summed E-state index contributed by atoms with van der Waals surface area (Å²) >= 11 is 0. The van der Waals surface area contributed by atoms with Crippen molar-refractivity contribution in [1.82, 2.24) is 9.88 Å². The quantitative estimate of drug-likeness (QED) is 0.586. The van der Waals surface area contributed by atoms with E-state index in [9.17, 15) is 4.79 Å². The average molecular weight is 407 g/mol. The van der Waals surface area contributed by atoms with Gasteiger partial charge in [0.15, 0.2) is 11.3 Å². The minimum Gasteiger partial charge on any atom is -0.472 e. The lowest BCUT2D eigenvalue weighted by molar-refractivity contribution is -0.177. The summed E-state index contributed by atoms with van der Waals surface area (Å²) in [6.07, 6.45) is 12.4. The minimum atomic E-state index is -0.950. The molecule has 2 unspecified atom stereocenters. The standard InChI is InChI=1S/C25H30N2O3/c1-5-24(3,4)30-23(28)21-16(2)26-19-10-11-20-18(22(19)21)15-17-9-8-14-27-13-7-6-12-25(17,27)29-20/h1,10-11,17,26H,6-9,12-15H2,2-4H3. The highest BCUT2D eigenvalue weighted by atomic mass is 16.6. The highest BCUT2D eigenvalue weighted by molar-refractivity contribution is 6.07. The first kappa shape index (κ1) is 19.5. The largest absolute Gasteiger partial charge is 0.472 e. The van der Waals surface area contributed by atoms with E-state index in [2.05, 4.69) is 21.9 Å². The molecule has 158 valence electrons. The van der Waals surface area contributed by atoms with Crippen LogP contribution in [0.4, 0.5) is 0 Å². The van der Waals surface area contributed by atoms with Crippen molar-refractivity contribution in [3.05, 3.63) is 29.0 Å². The molecule has 1 N–H and O–H groups in total. The van der Waals surface area contributed by atoms with Crippen LogP contribution in [-0.4, -0.2) is 40.3 Å². The van der Waals surface area contributed by atoms with Gasteiger partial charge in [0.1, 0.15) is 5.75 Å². The lowest BCUT2D eigenvalue weighted by Gasteiger charge is -2.56. The van der Waals surface area contributed by atoms with E-state index in [4.69, 9.17) is 15.9 Å². The highest BCUT2D eigenvalue weighted by Gasteiger charge is 2.52. The van der Waals surface area contributed by atoms with Gasteiger partial charge in [0, 0.05) is 47.6 Å². The van der Waals surface area contributed by atoms with Gasteiger partial charge in [-0.3, -0.25) is 4.90 Å². The average Bonchev–Trinajstić information content (AvgIpc) is 3.07. The van der Waals surface area contributed by atoms with Gasteiger partial charge in [0.2, 0.25) is 0 Å². The molecule has 30 heavy (non-hydrogen) atoms. The number of carbonyl (C=O) groups is 1. The van der Waals surface area contributed by atoms with Gasteiger partial charge >= 0.3 is 5.97 Å². The summed E-state index contributed by atoms with van der Waals surface area (Å²) < 4.78 is 12.5. The van der Waals surface area contributed by atoms with E-state index in [1.54, 1.807) is 13.8 Å². The lowest BCUT2D eigenvalue weighted by atomic mass is 9.74. The Hall–Kier alpha value is -2.45. The number of nitrogens with zero attached hydrogens (tertiary/aromatic N) is 1. The van der Waals surface area contributed by atoms with Crippen molar-refractivity contribution in [3.8, 4) is 18.1 Å². The van der Waals surface area contributed by atoms with E-state index in [-0.39, 0.29) is 11.7 Å². The molecule has 5 heteroatoms. The molecule has 2 fully saturated rings. The normalized spacial score (nSPS) is 26.1. The van der Waals surface area contributed by atoms with Gasteiger partial charge in [-0.05, 0) is 65.0 Å². The third kappa shape index (κ3) is 2.85. The van der Waals surface area contributed by atoms with E-state index in [0.717, 1.165) is 53.8 Å². The Morgan fingerprint density at radius 1 is 1.33 bits per heavy atom. The zero-order valence-electron chi connectivity index (χ0n) is 18.1. The van der Waals surface area contributed by atoms with E-state index in [1.807, 2.05) is 13.0 Å². The number of ether oxygens (including phenoxy) is 2. The third-order valence-corrected chi connectivity index (χ3v) is 7.22. The molecule has 0 radical (unpaired) electrons. The topological polar surface area (TPSA) is 54.6 Å². The summed E-state index contributed by atoms with van der Waals surface area (Å²) in [7, 11) is 0. The first-order valence-corrected chi connectivity index (χ1v) is 11.1. The Morgan fingerprint density at radius 3 is 2.93 bits per heavy atom. The Kier molecular flexibility index (Phi) is 4.41. The summed E-state index contributed by atoms with van der Waals surface area (Å²) in [5.74, 6) is 3.54. The van der Waals surface area contributed by atoms with Crippen LogP contribution in [0, 0.1) is 25.2 Å². The Labute approximate surface area is 178 Å². The van der Waals surface area contributed by atoms with Gasteiger partial charge in [0.25, 0.3) is 0 Å². The van der Waals surface area contributed by atoms with Crippen molar-refractivity contribution >= 4 is 16.9 Å². The number of fused-ring (bicyclic) bond motifs is 3. The summed E-state index contributed by atoms with van der Waals surface area (Å²) in [5, 5.41) is 0.936. The maximum Gasteiger partial charge on any atom is 0.342 e. The number of nitrogens with one attached hydrogen (secondary N) is 1. The van der Waals surface area contributed by atoms with Crippen LogP contribution in [0.25, 0.3) is 10.9 Å². The molecule has 1 aromatic heterocycles. The summed E-state index contributed by atoms with van der Waals surface area (Å²) in [4.78, 5) is 19.1. The summed E-state index contributed by atoms with van der Waals surface area (Å²) in [5.41, 5.74) is 2.35. The maximum absolute atomic E-state index is 13.1. The van der Waals surface area contributed by atoms with Gasteiger partial charge in [-0.1, -0.05) is 5.92 Å². The van der Waals surface area contributed by atoms with Crippen LogP contribution in [-0.2, 0) is 11.2 Å². The third-order valence-electron chi connectivity index (χ3n) is 7.22. The Bertz CT molecular complexity index is 1060. The van der Waals surface area contributed by atoms with Crippen LogP contribution in [0.3, 0.4) is 0 Å². The molecular formula is C25H30N2O3. The summed E-state index contributed by atoms with van der Waals surface area (Å²) in [6, 6.07) is 4.09. The number of carbonyl (C=O) groups excluding carboxylic acids is 1. The zero-order chi connectivity index (χ0) is 21.1. The van der Waals surface area contributed by atoms with Crippen molar-refractivity contribution in [2.45, 2.75) is 70.6 Å². The lowest BCUT2D eigenvalue weighted by Crippen LogP contribution is -2.64. The monoisotopic (exact) mass is 406 g/mol. The number of aromatic amines is 1. The molecule has 0 amide bonds. The first-order valence-electron chi connectivity index (χ1n) is 11.1. The maximum atomic E-state index is 13.1. The fourth-order valence-electron chi connectivity index (χ4n) is 5.78. The fourth-order valence-corrected chi connectivity index (χ4v) is 5.78. The number of H-pyrrole nitrogens is 1. The number of rotatable bonds is 2. The van der Waals surface area contributed by atoms with Crippen LogP contribution in [0.5, 0.6) is 5.75 Å². The van der Waals surface area contributed by atoms with Crippen LogP contribution < -0.4 is 4.74 Å². The zero-order valence-corrected chi connectivity index (χ0v) is 18.1. The predicted octanol–water partition coefficient (Wildman–Crippen LogP) is 4.57. The second-order valence-corrected chi connectivity index (χ2v) is 9.57. The number of aryl methyl sites for hydroxylation is 1. The number of hydrogen-bond donors (Lipinski definition) is 1. The molecule has 1 spiro atoms. The fraction of sp³-hybridized carbons (Fsp3) is 0.560. The van der Waals surface area contributed by atoms with Crippen molar-refractivity contribution < 1.29 is 14.3 Å². The smallest absolute Gasteiger partial charge is 0.342 e. The van der Waals surface area contributed by atoms with E-state index >= 15 is 0 Å². The molecule has 5 rings (SSSR count). The van der Waals surface area contributed by atoms with E-state index in [0.29, 0.717) is 11.5 Å². The van der Waals surface area contributed by atoms with Gasteiger partial charge < -0.3 is 14.5 Å².